The SMILES string of the molecule is COc1ccc(CCC(C)NC(=O)C2CC2c2cccc(Br)c2)cc1. The summed E-state index contributed by atoms with van der Waals surface area (Å²) in [4.78, 5) is 12.4. The number of hydrogen-bond acceptors (Lipinski definition) is 2. The Kier molecular flexibility index (Phi) is 5.79. The minimum absolute atomic E-state index is 0.123. The molecule has 3 unspecified atom stereocenters. The van der Waals surface area contributed by atoms with Gasteiger partial charge >= 0.3 is 0 Å². The second-order valence-corrected chi connectivity index (χ2v) is 7.72. The van der Waals surface area contributed by atoms with E-state index in [-0.39, 0.29) is 17.9 Å². The molecule has 25 heavy (non-hydrogen) atoms. The van der Waals surface area contributed by atoms with E-state index in [9.17, 15) is 4.79 Å². The van der Waals surface area contributed by atoms with Gasteiger partial charge in [-0.15, -0.1) is 0 Å². The van der Waals surface area contributed by atoms with Crippen LogP contribution in [0.15, 0.2) is 53.0 Å². The fraction of sp³-hybridized carbons (Fsp3) is 0.381. The molecule has 132 valence electrons. The Morgan fingerprint density at radius 3 is 2.72 bits per heavy atom. The zero-order valence-corrected chi connectivity index (χ0v) is 16.3. The van der Waals surface area contributed by atoms with Gasteiger partial charge in [0.2, 0.25) is 5.91 Å². The van der Waals surface area contributed by atoms with E-state index in [1.807, 2.05) is 24.3 Å². The number of ether oxygens (including phenoxy) is 1. The second kappa shape index (κ2) is 8.05. The molecule has 1 aliphatic rings. The number of amides is 1. The molecule has 0 aromatic heterocycles. The quantitative estimate of drug-likeness (QED) is 0.729. The third-order valence-corrected chi connectivity index (χ3v) is 5.31. The van der Waals surface area contributed by atoms with Gasteiger partial charge in [0.25, 0.3) is 0 Å². The Labute approximate surface area is 157 Å². The number of nitrogens with one attached hydrogen (secondary N) is 1. The zero-order chi connectivity index (χ0) is 17.8. The first-order valence-corrected chi connectivity index (χ1v) is 9.55. The van der Waals surface area contributed by atoms with Gasteiger partial charge in [-0.1, -0.05) is 40.2 Å². The lowest BCUT2D eigenvalue weighted by Crippen LogP contribution is -2.34. The molecule has 2 aromatic carbocycles. The fourth-order valence-electron chi connectivity index (χ4n) is 3.19. The monoisotopic (exact) mass is 401 g/mol. The van der Waals surface area contributed by atoms with Crippen LogP contribution in [0.4, 0.5) is 0 Å². The van der Waals surface area contributed by atoms with Gasteiger partial charge in [0.15, 0.2) is 0 Å². The summed E-state index contributed by atoms with van der Waals surface area (Å²) in [5.41, 5.74) is 2.51. The van der Waals surface area contributed by atoms with E-state index < -0.39 is 0 Å². The van der Waals surface area contributed by atoms with Crippen LogP contribution < -0.4 is 10.1 Å². The summed E-state index contributed by atoms with van der Waals surface area (Å²) in [6.07, 6.45) is 2.84. The van der Waals surface area contributed by atoms with E-state index in [1.54, 1.807) is 7.11 Å². The molecule has 3 atom stereocenters. The highest BCUT2D eigenvalue weighted by Gasteiger charge is 2.44. The molecule has 3 rings (SSSR count). The van der Waals surface area contributed by atoms with Crippen molar-refractivity contribution in [1.29, 1.82) is 0 Å². The van der Waals surface area contributed by atoms with Crippen LogP contribution in [0.25, 0.3) is 0 Å². The van der Waals surface area contributed by atoms with Crippen LogP contribution in [0, 0.1) is 5.92 Å². The van der Waals surface area contributed by atoms with Crippen molar-refractivity contribution < 1.29 is 9.53 Å². The minimum Gasteiger partial charge on any atom is -0.497 e. The first kappa shape index (κ1) is 18.0. The van der Waals surface area contributed by atoms with Crippen LogP contribution in [-0.2, 0) is 11.2 Å². The average Bonchev–Trinajstić information content (AvgIpc) is 3.41. The highest BCUT2D eigenvalue weighted by atomic mass is 79.9. The number of aryl methyl sites for hydroxylation is 1. The zero-order valence-electron chi connectivity index (χ0n) is 14.7. The number of rotatable bonds is 7. The third-order valence-electron chi connectivity index (χ3n) is 4.82. The summed E-state index contributed by atoms with van der Waals surface area (Å²) in [5, 5.41) is 3.17. The van der Waals surface area contributed by atoms with E-state index in [0.717, 1.165) is 29.5 Å². The minimum atomic E-state index is 0.123. The molecule has 4 heteroatoms. The maximum atomic E-state index is 12.4. The van der Waals surface area contributed by atoms with Crippen LogP contribution in [-0.4, -0.2) is 19.1 Å². The molecule has 0 radical (unpaired) electrons. The summed E-state index contributed by atoms with van der Waals surface area (Å²) >= 11 is 3.50. The average molecular weight is 402 g/mol. The third kappa shape index (κ3) is 4.85. The molecule has 0 heterocycles. The number of carbonyl (C=O) groups is 1. The Hall–Kier alpha value is -1.81. The van der Waals surface area contributed by atoms with Crippen LogP contribution in [0.3, 0.4) is 0 Å². The predicted octanol–water partition coefficient (Wildman–Crippen LogP) is 4.70. The highest BCUT2D eigenvalue weighted by Crippen LogP contribution is 2.48. The summed E-state index contributed by atoms with van der Waals surface area (Å²) in [5.74, 6) is 1.55. The fourth-order valence-corrected chi connectivity index (χ4v) is 3.60. The molecule has 1 amide bonds. The van der Waals surface area contributed by atoms with Crippen molar-refractivity contribution in [2.24, 2.45) is 5.92 Å². The Morgan fingerprint density at radius 2 is 2.04 bits per heavy atom. The first-order chi connectivity index (χ1) is 12.1. The lowest BCUT2D eigenvalue weighted by atomic mass is 10.1. The number of benzene rings is 2. The Bertz CT molecular complexity index is 729. The summed E-state index contributed by atoms with van der Waals surface area (Å²) in [6, 6.07) is 16.6. The molecular formula is C21H24BrNO2. The van der Waals surface area contributed by atoms with Gasteiger partial charge in [-0.2, -0.15) is 0 Å². The van der Waals surface area contributed by atoms with E-state index in [2.05, 4.69) is 52.4 Å². The largest absolute Gasteiger partial charge is 0.497 e. The van der Waals surface area contributed by atoms with Gasteiger partial charge in [0, 0.05) is 16.4 Å². The molecular weight excluding hydrogens is 378 g/mol. The number of halogens is 1. The second-order valence-electron chi connectivity index (χ2n) is 6.80. The number of hydrogen-bond donors (Lipinski definition) is 1. The first-order valence-electron chi connectivity index (χ1n) is 8.75. The summed E-state index contributed by atoms with van der Waals surface area (Å²) in [7, 11) is 1.67. The molecule has 0 aliphatic heterocycles. The van der Waals surface area contributed by atoms with Crippen molar-refractivity contribution in [3.63, 3.8) is 0 Å². The smallest absolute Gasteiger partial charge is 0.223 e. The van der Waals surface area contributed by atoms with Crippen molar-refractivity contribution >= 4 is 21.8 Å². The molecule has 0 bridgehead atoms. The van der Waals surface area contributed by atoms with Gasteiger partial charge in [0.05, 0.1) is 7.11 Å². The summed E-state index contributed by atoms with van der Waals surface area (Å²) in [6.45, 7) is 2.08. The maximum Gasteiger partial charge on any atom is 0.223 e. The number of carbonyl (C=O) groups excluding carboxylic acids is 1. The molecule has 3 nitrogen and oxygen atoms in total. The van der Waals surface area contributed by atoms with E-state index in [4.69, 9.17) is 4.74 Å². The van der Waals surface area contributed by atoms with Crippen LogP contribution in [0.1, 0.15) is 36.8 Å². The lowest BCUT2D eigenvalue weighted by molar-refractivity contribution is -0.123. The Balaban J connectivity index is 1.45. The van der Waals surface area contributed by atoms with Crippen LogP contribution in [0.5, 0.6) is 5.75 Å². The molecule has 1 saturated carbocycles. The standard InChI is InChI=1S/C21H24BrNO2/c1-14(6-7-15-8-10-18(25-2)11-9-15)23-21(24)20-13-19(20)16-4-3-5-17(22)12-16/h3-5,8-12,14,19-20H,6-7,13H2,1-2H3,(H,23,24). The van der Waals surface area contributed by atoms with E-state index >= 15 is 0 Å². The molecule has 0 saturated heterocycles. The van der Waals surface area contributed by atoms with Crippen molar-refractivity contribution in [2.75, 3.05) is 7.11 Å². The van der Waals surface area contributed by atoms with Crippen molar-refractivity contribution in [3.05, 3.63) is 64.1 Å². The van der Waals surface area contributed by atoms with Crippen molar-refractivity contribution in [3.8, 4) is 5.75 Å². The molecule has 2 aromatic rings. The number of methoxy groups -OCH3 is 1. The van der Waals surface area contributed by atoms with Gasteiger partial charge in [-0.05, 0) is 67.5 Å². The van der Waals surface area contributed by atoms with E-state index in [0.29, 0.717) is 5.92 Å². The molecule has 1 fully saturated rings. The predicted molar refractivity (Wildman–Crippen MR) is 104 cm³/mol. The van der Waals surface area contributed by atoms with Gasteiger partial charge in [-0.25, -0.2) is 0 Å². The molecule has 1 N–H and O–H groups in total. The van der Waals surface area contributed by atoms with Crippen molar-refractivity contribution in [1.82, 2.24) is 5.32 Å². The lowest BCUT2D eigenvalue weighted by Gasteiger charge is -2.14. The highest BCUT2D eigenvalue weighted by molar-refractivity contribution is 9.10. The van der Waals surface area contributed by atoms with Gasteiger partial charge in [-0.3, -0.25) is 4.79 Å². The topological polar surface area (TPSA) is 38.3 Å². The van der Waals surface area contributed by atoms with Crippen molar-refractivity contribution in [2.45, 2.75) is 38.1 Å². The van der Waals surface area contributed by atoms with Crippen LogP contribution >= 0.6 is 15.9 Å². The van der Waals surface area contributed by atoms with Gasteiger partial charge in [0.1, 0.15) is 5.75 Å². The molecule has 0 spiro atoms. The molecule has 1 aliphatic carbocycles. The van der Waals surface area contributed by atoms with E-state index in [1.165, 1.54) is 11.1 Å². The van der Waals surface area contributed by atoms with Crippen LogP contribution in [0.2, 0.25) is 0 Å². The maximum absolute atomic E-state index is 12.4. The normalized spacial score (nSPS) is 20.0. The Morgan fingerprint density at radius 1 is 1.28 bits per heavy atom. The summed E-state index contributed by atoms with van der Waals surface area (Å²) < 4.78 is 6.25. The van der Waals surface area contributed by atoms with Gasteiger partial charge < -0.3 is 10.1 Å².